The van der Waals surface area contributed by atoms with Gasteiger partial charge in [-0.15, -0.1) is 0 Å². The molecule has 4 rings (SSSR count). The van der Waals surface area contributed by atoms with E-state index in [0.29, 0.717) is 36.8 Å². The van der Waals surface area contributed by atoms with Crippen LogP contribution in [0.1, 0.15) is 28.8 Å². The smallest absolute Gasteiger partial charge is 0.258 e. The molecule has 1 amide bonds. The molecule has 2 aliphatic heterocycles. The van der Waals surface area contributed by atoms with E-state index in [4.69, 9.17) is 15.2 Å². The number of ether oxygens (including phenoxy) is 2. The standard InChI is InChI=1S/C19H20N2O3/c20-15-5-1-6-16-14(15)4-2-9-21(16)19(22)13-7-8-17-18(12-13)24-11-3-10-23-17/h1,5-8,12H,2-4,9-11,20H2. The maximum atomic E-state index is 13.0. The molecule has 0 bridgehead atoms. The summed E-state index contributed by atoms with van der Waals surface area (Å²) in [5.74, 6) is 1.31. The number of benzene rings is 2. The maximum Gasteiger partial charge on any atom is 0.258 e. The van der Waals surface area contributed by atoms with Gasteiger partial charge in [0.2, 0.25) is 0 Å². The van der Waals surface area contributed by atoms with Crippen molar-refractivity contribution in [2.45, 2.75) is 19.3 Å². The van der Waals surface area contributed by atoms with Crippen molar-refractivity contribution in [3.63, 3.8) is 0 Å². The fourth-order valence-electron chi connectivity index (χ4n) is 3.31. The molecule has 0 fully saturated rings. The number of carbonyl (C=O) groups is 1. The highest BCUT2D eigenvalue weighted by Gasteiger charge is 2.25. The van der Waals surface area contributed by atoms with E-state index in [1.807, 2.05) is 29.2 Å². The summed E-state index contributed by atoms with van der Waals surface area (Å²) in [7, 11) is 0. The summed E-state index contributed by atoms with van der Waals surface area (Å²) in [5.41, 5.74) is 9.41. The molecule has 2 aromatic carbocycles. The molecular weight excluding hydrogens is 304 g/mol. The van der Waals surface area contributed by atoms with E-state index in [1.54, 1.807) is 12.1 Å². The lowest BCUT2D eigenvalue weighted by Crippen LogP contribution is -2.35. The van der Waals surface area contributed by atoms with Gasteiger partial charge in [0.15, 0.2) is 11.5 Å². The number of nitrogens with two attached hydrogens (primary N) is 1. The first-order valence-corrected chi connectivity index (χ1v) is 8.33. The molecule has 0 saturated heterocycles. The van der Waals surface area contributed by atoms with Crippen LogP contribution >= 0.6 is 0 Å². The molecule has 2 heterocycles. The number of hydrogen-bond acceptors (Lipinski definition) is 4. The molecule has 5 heteroatoms. The molecule has 2 aliphatic rings. The van der Waals surface area contributed by atoms with Crippen molar-refractivity contribution in [2.24, 2.45) is 0 Å². The van der Waals surface area contributed by atoms with Crippen molar-refractivity contribution in [1.82, 2.24) is 0 Å². The van der Waals surface area contributed by atoms with Gasteiger partial charge in [-0.2, -0.15) is 0 Å². The average molecular weight is 324 g/mol. The van der Waals surface area contributed by atoms with Crippen LogP contribution in [0.25, 0.3) is 0 Å². The predicted octanol–water partition coefficient (Wildman–Crippen LogP) is 3.02. The number of carbonyl (C=O) groups excluding carboxylic acids is 1. The minimum atomic E-state index is -0.0304. The van der Waals surface area contributed by atoms with E-state index in [-0.39, 0.29) is 5.91 Å². The number of anilines is 2. The number of hydrogen-bond donors (Lipinski definition) is 1. The Kier molecular flexibility index (Phi) is 3.76. The minimum absolute atomic E-state index is 0.0304. The first-order chi connectivity index (χ1) is 11.7. The summed E-state index contributed by atoms with van der Waals surface area (Å²) < 4.78 is 11.3. The van der Waals surface area contributed by atoms with Gasteiger partial charge in [-0.25, -0.2) is 0 Å². The molecule has 0 spiro atoms. The molecule has 0 aliphatic carbocycles. The zero-order valence-electron chi connectivity index (χ0n) is 13.5. The highest BCUT2D eigenvalue weighted by atomic mass is 16.5. The Hall–Kier alpha value is -2.69. The predicted molar refractivity (Wildman–Crippen MR) is 92.9 cm³/mol. The van der Waals surface area contributed by atoms with Crippen LogP contribution in [0.3, 0.4) is 0 Å². The lowest BCUT2D eigenvalue weighted by molar-refractivity contribution is 0.0984. The van der Waals surface area contributed by atoms with E-state index >= 15 is 0 Å². The van der Waals surface area contributed by atoms with E-state index < -0.39 is 0 Å². The van der Waals surface area contributed by atoms with Crippen LogP contribution < -0.4 is 20.1 Å². The molecule has 5 nitrogen and oxygen atoms in total. The van der Waals surface area contributed by atoms with Crippen LogP contribution in [0.5, 0.6) is 11.5 Å². The molecule has 0 unspecified atom stereocenters. The van der Waals surface area contributed by atoms with Gasteiger partial charge in [0.1, 0.15) is 0 Å². The molecule has 124 valence electrons. The van der Waals surface area contributed by atoms with Crippen LogP contribution in [-0.2, 0) is 6.42 Å². The monoisotopic (exact) mass is 324 g/mol. The largest absolute Gasteiger partial charge is 0.490 e. The fraction of sp³-hybridized carbons (Fsp3) is 0.316. The third-order valence-electron chi connectivity index (χ3n) is 4.53. The van der Waals surface area contributed by atoms with E-state index in [0.717, 1.165) is 36.2 Å². The molecule has 24 heavy (non-hydrogen) atoms. The highest BCUT2D eigenvalue weighted by Crippen LogP contribution is 2.34. The van der Waals surface area contributed by atoms with Gasteiger partial charge in [-0.3, -0.25) is 4.79 Å². The summed E-state index contributed by atoms with van der Waals surface area (Å²) in [6, 6.07) is 11.2. The SMILES string of the molecule is Nc1cccc2c1CCCN2C(=O)c1ccc2c(c1)OCCCO2. The van der Waals surface area contributed by atoms with Crippen molar-refractivity contribution < 1.29 is 14.3 Å². The molecule has 2 N–H and O–H groups in total. The second-order valence-electron chi connectivity index (χ2n) is 6.12. The Morgan fingerprint density at radius 1 is 1.04 bits per heavy atom. The number of nitrogen functional groups attached to an aromatic ring is 1. The Labute approximate surface area is 141 Å². The van der Waals surface area contributed by atoms with Crippen LogP contribution in [0.15, 0.2) is 36.4 Å². The normalized spacial score (nSPS) is 16.2. The van der Waals surface area contributed by atoms with Gasteiger partial charge >= 0.3 is 0 Å². The number of amides is 1. The van der Waals surface area contributed by atoms with Crippen molar-refractivity contribution in [3.05, 3.63) is 47.5 Å². The van der Waals surface area contributed by atoms with E-state index in [1.165, 1.54) is 0 Å². The summed E-state index contributed by atoms with van der Waals surface area (Å²) in [6.45, 7) is 1.94. The van der Waals surface area contributed by atoms with Crippen LogP contribution in [0.2, 0.25) is 0 Å². The summed E-state index contributed by atoms with van der Waals surface area (Å²) in [4.78, 5) is 14.8. The first kappa shape index (κ1) is 14.9. The van der Waals surface area contributed by atoms with Gasteiger partial charge in [-0.1, -0.05) is 6.07 Å². The third-order valence-corrected chi connectivity index (χ3v) is 4.53. The van der Waals surface area contributed by atoms with Crippen molar-refractivity contribution in [3.8, 4) is 11.5 Å². The van der Waals surface area contributed by atoms with Gasteiger partial charge in [0, 0.05) is 29.9 Å². The second kappa shape index (κ2) is 6.07. The number of fused-ring (bicyclic) bond motifs is 2. The summed E-state index contributed by atoms with van der Waals surface area (Å²) >= 11 is 0. The van der Waals surface area contributed by atoms with Crippen LogP contribution in [-0.4, -0.2) is 25.7 Å². The van der Waals surface area contributed by atoms with Crippen molar-refractivity contribution in [1.29, 1.82) is 0 Å². The molecule has 0 aromatic heterocycles. The number of nitrogens with zero attached hydrogens (tertiary/aromatic N) is 1. The topological polar surface area (TPSA) is 64.8 Å². The van der Waals surface area contributed by atoms with Gasteiger partial charge in [-0.05, 0) is 48.7 Å². The highest BCUT2D eigenvalue weighted by molar-refractivity contribution is 6.07. The molecule has 0 saturated carbocycles. The van der Waals surface area contributed by atoms with E-state index in [9.17, 15) is 4.79 Å². The zero-order valence-corrected chi connectivity index (χ0v) is 13.5. The van der Waals surface area contributed by atoms with Gasteiger partial charge in [0.25, 0.3) is 5.91 Å². The minimum Gasteiger partial charge on any atom is -0.490 e. The fourth-order valence-corrected chi connectivity index (χ4v) is 3.31. The van der Waals surface area contributed by atoms with Crippen molar-refractivity contribution >= 4 is 17.3 Å². The van der Waals surface area contributed by atoms with Gasteiger partial charge < -0.3 is 20.1 Å². The molecular formula is C19H20N2O3. The van der Waals surface area contributed by atoms with E-state index in [2.05, 4.69) is 0 Å². The second-order valence-corrected chi connectivity index (χ2v) is 6.12. The Bertz CT molecular complexity index is 788. The molecule has 2 aromatic rings. The number of rotatable bonds is 1. The van der Waals surface area contributed by atoms with Crippen LogP contribution in [0.4, 0.5) is 11.4 Å². The third kappa shape index (κ3) is 2.56. The molecule has 0 radical (unpaired) electrons. The zero-order chi connectivity index (χ0) is 16.5. The lowest BCUT2D eigenvalue weighted by atomic mass is 9.99. The average Bonchev–Trinajstić information content (AvgIpc) is 2.86. The quantitative estimate of drug-likeness (QED) is 0.819. The van der Waals surface area contributed by atoms with Crippen LogP contribution in [0, 0.1) is 0 Å². The first-order valence-electron chi connectivity index (χ1n) is 8.33. The maximum absolute atomic E-state index is 13.0. The summed E-state index contributed by atoms with van der Waals surface area (Å²) in [5, 5.41) is 0. The summed E-state index contributed by atoms with van der Waals surface area (Å²) in [6.07, 6.45) is 2.67. The lowest BCUT2D eigenvalue weighted by Gasteiger charge is -2.30. The Morgan fingerprint density at radius 2 is 1.88 bits per heavy atom. The molecule has 0 atom stereocenters. The Morgan fingerprint density at radius 3 is 2.75 bits per heavy atom. The Balaban J connectivity index is 1.68. The van der Waals surface area contributed by atoms with Gasteiger partial charge in [0.05, 0.1) is 13.2 Å². The van der Waals surface area contributed by atoms with Crippen molar-refractivity contribution in [2.75, 3.05) is 30.4 Å².